The summed E-state index contributed by atoms with van der Waals surface area (Å²) in [4.78, 5) is 29.5. The molecule has 2 fully saturated rings. The van der Waals surface area contributed by atoms with Crippen LogP contribution in [-0.4, -0.2) is 27.9 Å². The molecule has 2 aromatic carbocycles. The summed E-state index contributed by atoms with van der Waals surface area (Å²) in [6, 6.07) is 9.76. The Bertz CT molecular complexity index is 1320. The molecule has 174 valence electrons. The normalized spacial score (nSPS) is 23.5. The maximum Gasteiger partial charge on any atom is 0.251 e. The van der Waals surface area contributed by atoms with Crippen LogP contribution in [0.5, 0.6) is 0 Å². The highest BCUT2D eigenvalue weighted by molar-refractivity contribution is 6.05. The summed E-state index contributed by atoms with van der Waals surface area (Å²) < 4.78 is 15.2. The molecule has 3 unspecified atom stereocenters. The predicted molar refractivity (Wildman–Crippen MR) is 128 cm³/mol. The van der Waals surface area contributed by atoms with E-state index in [0.29, 0.717) is 53.0 Å². The Labute approximate surface area is 197 Å². The molecule has 3 aliphatic rings. The number of anilines is 1. The fourth-order valence-electron chi connectivity index (χ4n) is 6.21. The van der Waals surface area contributed by atoms with Gasteiger partial charge in [-0.15, -0.1) is 0 Å². The van der Waals surface area contributed by atoms with Crippen LogP contribution in [0.1, 0.15) is 42.1 Å². The highest BCUT2D eigenvalue weighted by atomic mass is 19.1. The highest BCUT2D eigenvalue weighted by Crippen LogP contribution is 2.69. The molecule has 2 bridgehead atoms. The number of hydrogen-bond donors (Lipinski definition) is 2. The molecule has 3 atom stereocenters. The van der Waals surface area contributed by atoms with Crippen LogP contribution in [0, 0.1) is 29.0 Å². The van der Waals surface area contributed by atoms with Crippen LogP contribution in [0.25, 0.3) is 11.0 Å². The van der Waals surface area contributed by atoms with Crippen molar-refractivity contribution in [3.05, 3.63) is 71.8 Å². The van der Waals surface area contributed by atoms with Crippen molar-refractivity contribution in [3.8, 4) is 0 Å². The molecule has 34 heavy (non-hydrogen) atoms. The van der Waals surface area contributed by atoms with Crippen LogP contribution in [0.3, 0.4) is 0 Å². The van der Waals surface area contributed by atoms with Crippen molar-refractivity contribution in [3.63, 3.8) is 0 Å². The fraction of sp³-hybridized carbons (Fsp3) is 0.370. The first kappa shape index (κ1) is 21.1. The van der Waals surface area contributed by atoms with Gasteiger partial charge in [0, 0.05) is 25.6 Å². The molecule has 2 N–H and O–H groups in total. The van der Waals surface area contributed by atoms with Gasteiger partial charge in [0.25, 0.3) is 5.91 Å². The average Bonchev–Trinajstić information content (AvgIpc) is 3.31. The molecule has 0 saturated heterocycles. The lowest BCUT2D eigenvalue weighted by Gasteiger charge is -2.20. The number of hydrogen-bond acceptors (Lipinski definition) is 3. The van der Waals surface area contributed by atoms with Crippen LogP contribution in [-0.2, 0) is 11.3 Å². The minimum Gasteiger partial charge on any atom is -0.352 e. The second-order valence-electron chi connectivity index (χ2n) is 10.0. The molecule has 6 nitrogen and oxygen atoms in total. The first-order valence-electron chi connectivity index (χ1n) is 11.9. The van der Waals surface area contributed by atoms with Crippen molar-refractivity contribution in [2.75, 3.05) is 11.9 Å². The monoisotopic (exact) mass is 458 g/mol. The zero-order valence-electron chi connectivity index (χ0n) is 19.1. The number of fused-ring (bicyclic) bond motifs is 1. The van der Waals surface area contributed by atoms with Gasteiger partial charge in [0.2, 0.25) is 5.91 Å². The van der Waals surface area contributed by atoms with Crippen LogP contribution in [0.15, 0.2) is 54.9 Å². The number of halogens is 1. The Morgan fingerprint density at radius 3 is 2.68 bits per heavy atom. The minimum atomic E-state index is -0.289. The Morgan fingerprint density at radius 2 is 1.97 bits per heavy atom. The summed E-state index contributed by atoms with van der Waals surface area (Å²) in [7, 11) is 0. The quantitative estimate of drug-likeness (QED) is 0.534. The molecule has 3 aromatic rings. The second kappa shape index (κ2) is 7.79. The van der Waals surface area contributed by atoms with E-state index in [-0.39, 0.29) is 17.6 Å². The molecule has 1 heterocycles. The van der Waals surface area contributed by atoms with E-state index in [1.165, 1.54) is 31.9 Å². The van der Waals surface area contributed by atoms with Gasteiger partial charge in [-0.25, -0.2) is 9.37 Å². The summed E-state index contributed by atoms with van der Waals surface area (Å²) >= 11 is 0. The lowest BCUT2D eigenvalue weighted by atomic mass is 9.89. The van der Waals surface area contributed by atoms with Gasteiger partial charge in [0.1, 0.15) is 5.82 Å². The highest BCUT2D eigenvalue weighted by Gasteiger charge is 2.62. The maximum atomic E-state index is 13.3. The summed E-state index contributed by atoms with van der Waals surface area (Å²) in [6.45, 7) is 2.57. The Balaban J connectivity index is 1.24. The lowest BCUT2D eigenvalue weighted by Crippen LogP contribution is -2.31. The number of rotatable bonds is 6. The molecule has 1 spiro atoms. The molecule has 0 radical (unpaired) electrons. The summed E-state index contributed by atoms with van der Waals surface area (Å²) in [5.74, 6) is 1.11. The van der Waals surface area contributed by atoms with Crippen molar-refractivity contribution in [1.29, 1.82) is 0 Å². The zero-order valence-corrected chi connectivity index (χ0v) is 19.1. The first-order valence-corrected chi connectivity index (χ1v) is 11.9. The van der Waals surface area contributed by atoms with Gasteiger partial charge >= 0.3 is 0 Å². The molecule has 3 aliphatic carbocycles. The van der Waals surface area contributed by atoms with Crippen molar-refractivity contribution >= 4 is 28.5 Å². The first-order chi connectivity index (χ1) is 16.4. The topological polar surface area (TPSA) is 76.0 Å². The number of benzene rings is 2. The van der Waals surface area contributed by atoms with Crippen LogP contribution < -0.4 is 10.6 Å². The number of aromatic nitrogens is 2. The summed E-state index contributed by atoms with van der Waals surface area (Å²) in [6.07, 6.45) is 10.2. The van der Waals surface area contributed by atoms with Gasteiger partial charge in [0.15, 0.2) is 0 Å². The van der Waals surface area contributed by atoms with Crippen molar-refractivity contribution in [2.45, 2.75) is 32.7 Å². The van der Waals surface area contributed by atoms with Gasteiger partial charge in [-0.05, 0) is 72.3 Å². The molecule has 6 rings (SSSR count). The summed E-state index contributed by atoms with van der Waals surface area (Å²) in [5.41, 5.74) is 3.77. The Kier molecular flexibility index (Phi) is 4.83. The van der Waals surface area contributed by atoms with Gasteiger partial charge in [-0.2, -0.15) is 0 Å². The van der Waals surface area contributed by atoms with E-state index in [1.54, 1.807) is 30.6 Å². The third-order valence-corrected chi connectivity index (χ3v) is 7.92. The third-order valence-electron chi connectivity index (χ3n) is 7.92. The zero-order chi connectivity index (χ0) is 23.4. The molecular formula is C27H27FN4O2. The SMILES string of the molecule is CC(=O)Nc1cc(C(=O)NCC2CC3C=CC2C32CC2)cc2ncn(Cc3ccc(F)cc3)c12. The average molecular weight is 459 g/mol. The number of allylic oxidation sites excluding steroid dienone is 2. The van der Waals surface area contributed by atoms with Gasteiger partial charge in [0.05, 0.1) is 23.0 Å². The largest absolute Gasteiger partial charge is 0.352 e. The van der Waals surface area contributed by atoms with E-state index in [4.69, 9.17) is 0 Å². The Morgan fingerprint density at radius 1 is 1.18 bits per heavy atom. The second-order valence-corrected chi connectivity index (χ2v) is 10.0. The van der Waals surface area contributed by atoms with Gasteiger partial charge < -0.3 is 15.2 Å². The lowest BCUT2D eigenvalue weighted by molar-refractivity contribution is -0.114. The molecule has 1 aromatic heterocycles. The number of amides is 2. The van der Waals surface area contributed by atoms with E-state index in [2.05, 4.69) is 27.8 Å². The van der Waals surface area contributed by atoms with Crippen LogP contribution in [0.4, 0.5) is 10.1 Å². The molecule has 2 saturated carbocycles. The number of nitrogens with zero attached hydrogens (tertiary/aromatic N) is 2. The van der Waals surface area contributed by atoms with Crippen LogP contribution in [0.2, 0.25) is 0 Å². The van der Waals surface area contributed by atoms with Gasteiger partial charge in [-0.3, -0.25) is 9.59 Å². The molecule has 2 amide bonds. The number of carbonyl (C=O) groups excluding carboxylic acids is 2. The maximum absolute atomic E-state index is 13.3. The molecule has 7 heteroatoms. The Hall–Kier alpha value is -3.48. The number of carbonyl (C=O) groups is 2. The van der Waals surface area contributed by atoms with Gasteiger partial charge in [-0.1, -0.05) is 24.3 Å². The van der Waals surface area contributed by atoms with E-state index in [9.17, 15) is 14.0 Å². The fourth-order valence-corrected chi connectivity index (χ4v) is 6.21. The van der Waals surface area contributed by atoms with Crippen molar-refractivity contribution in [2.24, 2.45) is 23.2 Å². The smallest absolute Gasteiger partial charge is 0.251 e. The van der Waals surface area contributed by atoms with Crippen molar-refractivity contribution < 1.29 is 14.0 Å². The predicted octanol–water partition coefficient (Wildman–Crippen LogP) is 4.51. The van der Waals surface area contributed by atoms with Crippen molar-refractivity contribution in [1.82, 2.24) is 14.9 Å². The molecular weight excluding hydrogens is 431 g/mol. The third kappa shape index (κ3) is 3.50. The van der Waals surface area contributed by atoms with E-state index >= 15 is 0 Å². The van der Waals surface area contributed by atoms with Crippen LogP contribution >= 0.6 is 0 Å². The van der Waals surface area contributed by atoms with E-state index in [1.807, 2.05) is 4.57 Å². The van der Waals surface area contributed by atoms with E-state index in [0.717, 1.165) is 17.5 Å². The van der Waals surface area contributed by atoms with E-state index < -0.39 is 0 Å². The minimum absolute atomic E-state index is 0.154. The standard InChI is InChI=1S/C27H27FN4O2/c1-16(33)31-24-12-18(26(34)29-13-19-10-20-4-7-22(19)27(20)8-9-27)11-23-25(24)32(15-30-23)14-17-2-5-21(28)6-3-17/h2-7,11-12,15,19-20,22H,8-10,13-14H2,1H3,(H,29,34)(H,31,33). The number of nitrogens with one attached hydrogen (secondary N) is 2. The number of imidazole rings is 1. The summed E-state index contributed by atoms with van der Waals surface area (Å²) in [5, 5.41) is 5.99. The molecule has 0 aliphatic heterocycles.